The van der Waals surface area contributed by atoms with E-state index in [0.29, 0.717) is 22.9 Å². The van der Waals surface area contributed by atoms with Gasteiger partial charge in [0.25, 0.3) is 0 Å². The Labute approximate surface area is 143 Å². The van der Waals surface area contributed by atoms with Gasteiger partial charge in [-0.2, -0.15) is 0 Å². The van der Waals surface area contributed by atoms with E-state index in [2.05, 4.69) is 4.74 Å². The van der Waals surface area contributed by atoms with E-state index < -0.39 is 11.9 Å². The molecule has 128 valence electrons. The molecule has 1 amide bonds. The molecular weight excluding hydrogens is 334 g/mol. The molecule has 0 saturated carbocycles. The van der Waals surface area contributed by atoms with Crippen LogP contribution in [0.2, 0.25) is 0 Å². The van der Waals surface area contributed by atoms with E-state index in [1.807, 2.05) is 0 Å². The lowest BCUT2D eigenvalue weighted by Crippen LogP contribution is -2.33. The second-order valence-electron chi connectivity index (χ2n) is 4.81. The Morgan fingerprint density at radius 1 is 1.29 bits per heavy atom. The van der Waals surface area contributed by atoms with Crippen LogP contribution in [-0.4, -0.2) is 55.1 Å². The maximum Gasteiger partial charge on any atom is 0.331 e. The van der Waals surface area contributed by atoms with Crippen molar-refractivity contribution in [2.75, 3.05) is 32.4 Å². The molecule has 7 nitrogen and oxygen atoms in total. The van der Waals surface area contributed by atoms with Crippen LogP contribution in [-0.2, 0) is 19.1 Å². The van der Waals surface area contributed by atoms with Crippen molar-refractivity contribution in [1.29, 1.82) is 0 Å². The van der Waals surface area contributed by atoms with Crippen LogP contribution in [0.15, 0.2) is 24.3 Å². The predicted octanol–water partition coefficient (Wildman–Crippen LogP) is 1.32. The van der Waals surface area contributed by atoms with Crippen LogP contribution in [0.25, 0.3) is 6.08 Å². The fraction of sp³-hybridized carbons (Fsp3) is 0.312. The van der Waals surface area contributed by atoms with Gasteiger partial charge in [-0.25, -0.2) is 9.59 Å². The van der Waals surface area contributed by atoms with Crippen LogP contribution in [0.1, 0.15) is 5.56 Å². The van der Waals surface area contributed by atoms with Gasteiger partial charge in [-0.3, -0.25) is 4.79 Å². The minimum atomic E-state index is -0.540. The van der Waals surface area contributed by atoms with Gasteiger partial charge in [-0.05, 0) is 23.8 Å². The molecule has 1 fully saturated rings. The molecule has 0 aliphatic carbocycles. The number of ether oxygens (including phenoxy) is 3. The van der Waals surface area contributed by atoms with Gasteiger partial charge < -0.3 is 19.1 Å². The van der Waals surface area contributed by atoms with Gasteiger partial charge in [0, 0.05) is 6.08 Å². The Kier molecular flexibility index (Phi) is 6.25. The standard InChI is InChI=1S/C16H17NO6S/c1-21-13-7-11(4-6-15(19)22-2)3-5-12(13)23-16(20)8-17-10-24-9-14(17)18/h3-7H,8-10H2,1-2H3. The van der Waals surface area contributed by atoms with E-state index in [-0.39, 0.29) is 18.2 Å². The molecule has 1 aromatic rings. The molecular formula is C16H17NO6S. The molecule has 1 aliphatic rings. The molecule has 1 heterocycles. The van der Waals surface area contributed by atoms with Crippen molar-refractivity contribution in [2.24, 2.45) is 0 Å². The Bertz CT molecular complexity index is 673. The van der Waals surface area contributed by atoms with E-state index in [1.165, 1.54) is 37.0 Å². The van der Waals surface area contributed by atoms with Crippen LogP contribution in [0.3, 0.4) is 0 Å². The number of hydrogen-bond donors (Lipinski definition) is 0. The van der Waals surface area contributed by atoms with E-state index >= 15 is 0 Å². The first-order valence-electron chi connectivity index (χ1n) is 7.03. The first-order valence-corrected chi connectivity index (χ1v) is 8.19. The van der Waals surface area contributed by atoms with E-state index in [0.717, 1.165) is 0 Å². The normalized spacial score (nSPS) is 14.1. The average Bonchev–Trinajstić information content (AvgIpc) is 2.98. The van der Waals surface area contributed by atoms with Gasteiger partial charge in [0.1, 0.15) is 6.54 Å². The summed E-state index contributed by atoms with van der Waals surface area (Å²) in [4.78, 5) is 36.0. The Morgan fingerprint density at radius 2 is 2.08 bits per heavy atom. The third kappa shape index (κ3) is 4.76. The number of esters is 2. The minimum absolute atomic E-state index is 0.0767. The van der Waals surface area contributed by atoms with Crippen LogP contribution < -0.4 is 9.47 Å². The number of amides is 1. The highest BCUT2D eigenvalue weighted by molar-refractivity contribution is 8.00. The molecule has 0 radical (unpaired) electrons. The summed E-state index contributed by atoms with van der Waals surface area (Å²) in [5.41, 5.74) is 0.683. The summed E-state index contributed by atoms with van der Waals surface area (Å²) >= 11 is 1.46. The lowest BCUT2D eigenvalue weighted by atomic mass is 10.2. The molecule has 24 heavy (non-hydrogen) atoms. The maximum absolute atomic E-state index is 12.0. The Morgan fingerprint density at radius 3 is 2.71 bits per heavy atom. The van der Waals surface area contributed by atoms with Crippen molar-refractivity contribution in [3.63, 3.8) is 0 Å². The highest BCUT2D eigenvalue weighted by atomic mass is 32.2. The largest absolute Gasteiger partial charge is 0.493 e. The van der Waals surface area contributed by atoms with Gasteiger partial charge in [-0.15, -0.1) is 11.8 Å². The molecule has 0 atom stereocenters. The fourth-order valence-electron chi connectivity index (χ4n) is 1.96. The maximum atomic E-state index is 12.0. The van der Waals surface area contributed by atoms with Crippen LogP contribution in [0.4, 0.5) is 0 Å². The lowest BCUT2D eigenvalue weighted by Gasteiger charge is -2.14. The van der Waals surface area contributed by atoms with Gasteiger partial charge in [-0.1, -0.05) is 6.07 Å². The Hall–Kier alpha value is -2.48. The van der Waals surface area contributed by atoms with Crippen molar-refractivity contribution in [2.45, 2.75) is 0 Å². The SMILES string of the molecule is COC(=O)C=Cc1ccc(OC(=O)CN2CSCC2=O)c(OC)c1. The van der Waals surface area contributed by atoms with E-state index in [9.17, 15) is 14.4 Å². The summed E-state index contributed by atoms with van der Waals surface area (Å²) in [6.45, 7) is -0.0982. The topological polar surface area (TPSA) is 82.1 Å². The molecule has 0 aromatic heterocycles. The summed E-state index contributed by atoms with van der Waals surface area (Å²) < 4.78 is 15.0. The van der Waals surface area contributed by atoms with Crippen LogP contribution >= 0.6 is 11.8 Å². The second kappa shape index (κ2) is 8.39. The number of thioether (sulfide) groups is 1. The van der Waals surface area contributed by atoms with Crippen molar-refractivity contribution >= 4 is 35.7 Å². The second-order valence-corrected chi connectivity index (χ2v) is 5.77. The number of nitrogens with zero attached hydrogens (tertiary/aromatic N) is 1. The minimum Gasteiger partial charge on any atom is -0.493 e. The van der Waals surface area contributed by atoms with E-state index in [4.69, 9.17) is 9.47 Å². The van der Waals surface area contributed by atoms with Gasteiger partial charge in [0.15, 0.2) is 11.5 Å². The third-order valence-corrected chi connectivity index (χ3v) is 4.12. The fourth-order valence-corrected chi connectivity index (χ4v) is 2.86. The molecule has 0 bridgehead atoms. The van der Waals surface area contributed by atoms with Gasteiger partial charge >= 0.3 is 11.9 Å². The number of hydrogen-bond acceptors (Lipinski definition) is 7. The van der Waals surface area contributed by atoms with Crippen LogP contribution in [0.5, 0.6) is 11.5 Å². The molecule has 8 heteroatoms. The highest BCUT2D eigenvalue weighted by Gasteiger charge is 2.24. The smallest absolute Gasteiger partial charge is 0.331 e. The molecule has 1 aliphatic heterocycles. The molecule has 2 rings (SSSR count). The quantitative estimate of drug-likeness (QED) is 0.434. The summed E-state index contributed by atoms with van der Waals surface area (Å²) in [5.74, 6) is 0.376. The monoisotopic (exact) mass is 351 g/mol. The molecule has 0 spiro atoms. The van der Waals surface area contributed by atoms with Gasteiger partial charge in [0.05, 0.1) is 25.8 Å². The Balaban J connectivity index is 2.04. The zero-order valence-corrected chi connectivity index (χ0v) is 14.1. The number of benzene rings is 1. The first kappa shape index (κ1) is 17.9. The number of carbonyl (C=O) groups is 3. The predicted molar refractivity (Wildman–Crippen MR) is 88.7 cm³/mol. The summed E-state index contributed by atoms with van der Waals surface area (Å²) in [5, 5.41) is 0. The highest BCUT2D eigenvalue weighted by Crippen LogP contribution is 2.29. The molecule has 0 N–H and O–H groups in total. The molecule has 1 aromatic carbocycles. The first-order chi connectivity index (χ1) is 11.5. The number of rotatable bonds is 6. The van der Waals surface area contributed by atoms with Crippen molar-refractivity contribution in [1.82, 2.24) is 4.90 Å². The summed E-state index contributed by atoms with van der Waals surface area (Å²) in [7, 11) is 2.74. The summed E-state index contributed by atoms with van der Waals surface area (Å²) in [6, 6.07) is 4.86. The van der Waals surface area contributed by atoms with E-state index in [1.54, 1.807) is 24.3 Å². The summed E-state index contributed by atoms with van der Waals surface area (Å²) in [6.07, 6.45) is 2.83. The van der Waals surface area contributed by atoms with Crippen molar-refractivity contribution < 1.29 is 28.6 Å². The zero-order chi connectivity index (χ0) is 17.5. The van der Waals surface area contributed by atoms with Crippen molar-refractivity contribution in [3.8, 4) is 11.5 Å². The lowest BCUT2D eigenvalue weighted by molar-refractivity contribution is -0.140. The molecule has 1 saturated heterocycles. The number of methoxy groups -OCH3 is 2. The van der Waals surface area contributed by atoms with Crippen molar-refractivity contribution in [3.05, 3.63) is 29.8 Å². The average molecular weight is 351 g/mol. The number of carbonyl (C=O) groups excluding carboxylic acids is 3. The van der Waals surface area contributed by atoms with Crippen LogP contribution in [0, 0.1) is 0 Å². The molecule has 0 unspecified atom stereocenters. The van der Waals surface area contributed by atoms with Gasteiger partial charge in [0.2, 0.25) is 5.91 Å². The zero-order valence-electron chi connectivity index (χ0n) is 13.3. The third-order valence-electron chi connectivity index (χ3n) is 3.17.